The average Bonchev–Trinajstić information content (AvgIpc) is 2.13. The predicted molar refractivity (Wildman–Crippen MR) is 59.0 cm³/mol. The molecule has 0 spiro atoms. The first-order valence-corrected chi connectivity index (χ1v) is 5.64. The van der Waals surface area contributed by atoms with Crippen LogP contribution in [0.4, 0.5) is 0 Å². The van der Waals surface area contributed by atoms with Gasteiger partial charge < -0.3 is 4.90 Å². The van der Waals surface area contributed by atoms with Crippen molar-refractivity contribution in [2.75, 3.05) is 33.2 Å². The van der Waals surface area contributed by atoms with E-state index in [-0.39, 0.29) is 0 Å². The summed E-state index contributed by atoms with van der Waals surface area (Å²) in [7, 11) is 2.21. The van der Waals surface area contributed by atoms with Gasteiger partial charge in [0.2, 0.25) is 0 Å². The number of nitrogens with zero attached hydrogens (tertiary/aromatic N) is 2. The van der Waals surface area contributed by atoms with Crippen molar-refractivity contribution >= 4 is 0 Å². The van der Waals surface area contributed by atoms with E-state index in [2.05, 4.69) is 28.7 Å². The zero-order valence-electron chi connectivity index (χ0n) is 9.29. The molecule has 0 N–H and O–H groups in total. The molecule has 78 valence electrons. The minimum absolute atomic E-state index is 0.699. The Kier molecular flexibility index (Phi) is 3.10. The molecule has 0 aromatic rings. The van der Waals surface area contributed by atoms with Crippen LogP contribution in [0.15, 0.2) is 0 Å². The minimum Gasteiger partial charge on any atom is -0.304 e. The Balaban J connectivity index is 1.73. The van der Waals surface area contributed by atoms with Crippen molar-refractivity contribution in [3.8, 4) is 11.8 Å². The van der Waals surface area contributed by atoms with Gasteiger partial charge >= 0.3 is 0 Å². The molecule has 0 aromatic carbocycles. The number of hydrogen-bond donors (Lipinski definition) is 0. The zero-order chi connectivity index (χ0) is 9.97. The van der Waals surface area contributed by atoms with E-state index in [0.717, 1.165) is 6.04 Å². The second kappa shape index (κ2) is 4.33. The molecule has 1 heterocycles. The topological polar surface area (TPSA) is 6.48 Å². The van der Waals surface area contributed by atoms with Gasteiger partial charge in [-0.1, -0.05) is 0 Å². The SMILES string of the molecule is CC#CC1CC(N2CCN(C)CC2)C1. The molecule has 1 saturated carbocycles. The van der Waals surface area contributed by atoms with Crippen LogP contribution >= 0.6 is 0 Å². The summed E-state index contributed by atoms with van der Waals surface area (Å²) < 4.78 is 0. The van der Waals surface area contributed by atoms with Crippen LogP contribution in [0.1, 0.15) is 19.8 Å². The van der Waals surface area contributed by atoms with Gasteiger partial charge in [0.05, 0.1) is 0 Å². The molecule has 1 saturated heterocycles. The molecule has 1 aliphatic carbocycles. The summed E-state index contributed by atoms with van der Waals surface area (Å²) in [4.78, 5) is 5.06. The third-order valence-corrected chi connectivity index (χ3v) is 3.52. The fraction of sp³-hybridized carbons (Fsp3) is 0.833. The number of hydrogen-bond acceptors (Lipinski definition) is 2. The van der Waals surface area contributed by atoms with Crippen LogP contribution in [0, 0.1) is 17.8 Å². The molecule has 1 aliphatic heterocycles. The third-order valence-electron chi connectivity index (χ3n) is 3.52. The van der Waals surface area contributed by atoms with E-state index in [4.69, 9.17) is 0 Å². The van der Waals surface area contributed by atoms with E-state index in [9.17, 15) is 0 Å². The van der Waals surface area contributed by atoms with E-state index >= 15 is 0 Å². The second-order valence-corrected chi connectivity index (χ2v) is 4.56. The van der Waals surface area contributed by atoms with Crippen LogP contribution in [0.3, 0.4) is 0 Å². The lowest BCUT2D eigenvalue weighted by molar-refractivity contribution is 0.0554. The lowest BCUT2D eigenvalue weighted by atomic mass is 9.79. The number of piperazine rings is 1. The third kappa shape index (κ3) is 2.10. The zero-order valence-corrected chi connectivity index (χ0v) is 9.29. The maximum absolute atomic E-state index is 3.27. The standard InChI is InChI=1S/C12H20N2/c1-3-4-11-9-12(10-11)14-7-5-13(2)6-8-14/h11-12H,5-10H2,1-2H3. The van der Waals surface area contributed by atoms with Crippen molar-refractivity contribution in [1.82, 2.24) is 9.80 Å². The summed E-state index contributed by atoms with van der Waals surface area (Å²) in [6, 6.07) is 0.842. The Morgan fingerprint density at radius 2 is 1.71 bits per heavy atom. The molecule has 0 bridgehead atoms. The first-order valence-electron chi connectivity index (χ1n) is 5.64. The van der Waals surface area contributed by atoms with Gasteiger partial charge in [0.25, 0.3) is 0 Å². The molecule has 14 heavy (non-hydrogen) atoms. The lowest BCUT2D eigenvalue weighted by Crippen LogP contribution is -2.52. The molecule has 2 fully saturated rings. The Bertz CT molecular complexity index is 237. The highest BCUT2D eigenvalue weighted by Crippen LogP contribution is 2.31. The van der Waals surface area contributed by atoms with Gasteiger partial charge in [0.1, 0.15) is 0 Å². The molecule has 2 nitrogen and oxygen atoms in total. The highest BCUT2D eigenvalue weighted by atomic mass is 15.3. The predicted octanol–water partition coefficient (Wildman–Crippen LogP) is 1.04. The van der Waals surface area contributed by atoms with E-state index in [1.54, 1.807) is 0 Å². The quantitative estimate of drug-likeness (QED) is 0.573. The van der Waals surface area contributed by atoms with E-state index < -0.39 is 0 Å². The summed E-state index contributed by atoms with van der Waals surface area (Å²) in [6.45, 7) is 6.94. The van der Waals surface area contributed by atoms with Crippen LogP contribution in [0.5, 0.6) is 0 Å². The van der Waals surface area contributed by atoms with Gasteiger partial charge in [0.15, 0.2) is 0 Å². The van der Waals surface area contributed by atoms with Crippen LogP contribution in [0.2, 0.25) is 0 Å². The second-order valence-electron chi connectivity index (χ2n) is 4.56. The fourth-order valence-corrected chi connectivity index (χ4v) is 2.39. The fourth-order valence-electron chi connectivity index (χ4n) is 2.39. The molecule has 0 unspecified atom stereocenters. The molecule has 0 radical (unpaired) electrons. The van der Waals surface area contributed by atoms with Gasteiger partial charge in [-0.15, -0.1) is 11.8 Å². The summed E-state index contributed by atoms with van der Waals surface area (Å²) >= 11 is 0. The van der Waals surface area contributed by atoms with Crippen molar-refractivity contribution in [1.29, 1.82) is 0 Å². The van der Waals surface area contributed by atoms with Gasteiger partial charge in [-0.25, -0.2) is 0 Å². The largest absolute Gasteiger partial charge is 0.304 e. The summed E-state index contributed by atoms with van der Waals surface area (Å²) in [6.07, 6.45) is 2.62. The Labute approximate surface area is 87.3 Å². The summed E-state index contributed by atoms with van der Waals surface area (Å²) in [5, 5.41) is 0. The number of likely N-dealkylation sites (N-methyl/N-ethyl adjacent to an activating group) is 1. The maximum Gasteiger partial charge on any atom is 0.0232 e. The summed E-state index contributed by atoms with van der Waals surface area (Å²) in [5.74, 6) is 6.99. The Hall–Kier alpha value is -0.520. The van der Waals surface area contributed by atoms with Gasteiger partial charge in [0, 0.05) is 38.1 Å². The van der Waals surface area contributed by atoms with Crippen molar-refractivity contribution < 1.29 is 0 Å². The minimum atomic E-state index is 0.699. The molecule has 0 atom stereocenters. The molecule has 0 amide bonds. The van der Waals surface area contributed by atoms with Crippen LogP contribution in [-0.2, 0) is 0 Å². The molecule has 0 aromatic heterocycles. The lowest BCUT2D eigenvalue weighted by Gasteiger charge is -2.44. The Morgan fingerprint density at radius 3 is 2.29 bits per heavy atom. The molecular weight excluding hydrogens is 172 g/mol. The monoisotopic (exact) mass is 192 g/mol. The van der Waals surface area contributed by atoms with Gasteiger partial charge in [-0.2, -0.15) is 0 Å². The highest BCUT2D eigenvalue weighted by Gasteiger charge is 2.33. The smallest absolute Gasteiger partial charge is 0.0232 e. The van der Waals surface area contributed by atoms with Crippen molar-refractivity contribution in [2.24, 2.45) is 5.92 Å². The summed E-state index contributed by atoms with van der Waals surface area (Å²) in [5.41, 5.74) is 0. The molecule has 2 rings (SSSR count). The normalized spacial score (nSPS) is 34.4. The van der Waals surface area contributed by atoms with E-state index in [1.807, 2.05) is 6.92 Å². The average molecular weight is 192 g/mol. The van der Waals surface area contributed by atoms with Crippen LogP contribution in [0.25, 0.3) is 0 Å². The van der Waals surface area contributed by atoms with Crippen molar-refractivity contribution in [3.05, 3.63) is 0 Å². The van der Waals surface area contributed by atoms with E-state index in [0.29, 0.717) is 5.92 Å². The molecule has 2 aliphatic rings. The molecule has 2 heteroatoms. The first-order chi connectivity index (χ1) is 6.79. The van der Waals surface area contributed by atoms with Crippen LogP contribution in [-0.4, -0.2) is 49.1 Å². The van der Waals surface area contributed by atoms with Crippen molar-refractivity contribution in [2.45, 2.75) is 25.8 Å². The maximum atomic E-state index is 3.27. The highest BCUT2D eigenvalue weighted by molar-refractivity contribution is 5.08. The molecular formula is C12H20N2. The van der Waals surface area contributed by atoms with Gasteiger partial charge in [-0.05, 0) is 26.8 Å². The van der Waals surface area contributed by atoms with Gasteiger partial charge in [-0.3, -0.25) is 4.90 Å². The first kappa shape index (κ1) is 10.0. The Morgan fingerprint density at radius 1 is 1.07 bits per heavy atom. The van der Waals surface area contributed by atoms with Crippen LogP contribution < -0.4 is 0 Å². The van der Waals surface area contributed by atoms with E-state index in [1.165, 1.54) is 39.0 Å². The van der Waals surface area contributed by atoms with Crippen molar-refractivity contribution in [3.63, 3.8) is 0 Å². The number of rotatable bonds is 1.